The second-order valence-corrected chi connectivity index (χ2v) is 7.73. The van der Waals surface area contributed by atoms with Gasteiger partial charge in [0, 0.05) is 17.1 Å². The summed E-state index contributed by atoms with van der Waals surface area (Å²) in [7, 11) is 0. The summed E-state index contributed by atoms with van der Waals surface area (Å²) < 4.78 is 9.98. The van der Waals surface area contributed by atoms with Crippen LogP contribution >= 0.6 is 0 Å². The summed E-state index contributed by atoms with van der Waals surface area (Å²) in [5.74, 6) is -3.86. The molecule has 0 bridgehead atoms. The van der Waals surface area contributed by atoms with Crippen molar-refractivity contribution in [1.82, 2.24) is 0 Å². The van der Waals surface area contributed by atoms with Crippen molar-refractivity contribution in [2.45, 2.75) is 0 Å². The first-order valence-electron chi connectivity index (χ1n) is 10.9. The Morgan fingerprint density at radius 2 is 0.946 bits per heavy atom. The third-order valence-electron chi connectivity index (χ3n) is 5.10. The third-order valence-corrected chi connectivity index (χ3v) is 5.10. The highest BCUT2D eigenvalue weighted by atomic mass is 16.5. The average Bonchev–Trinajstić information content (AvgIpc) is 2.91. The van der Waals surface area contributed by atoms with Crippen molar-refractivity contribution in [1.29, 1.82) is 0 Å². The smallest absolute Gasteiger partial charge is 0.338 e. The molecule has 188 valence electrons. The van der Waals surface area contributed by atoms with Gasteiger partial charge in [-0.05, 0) is 60.7 Å². The van der Waals surface area contributed by atoms with E-state index in [9.17, 15) is 19.2 Å². The Labute approximate surface area is 212 Å². The molecule has 9 heteroatoms. The van der Waals surface area contributed by atoms with Crippen LogP contribution in [0, 0.1) is 0 Å². The molecule has 0 aliphatic carbocycles. The van der Waals surface area contributed by atoms with E-state index in [4.69, 9.17) is 19.7 Å². The minimum atomic E-state index is -1.24. The summed E-state index contributed by atoms with van der Waals surface area (Å²) in [4.78, 5) is 48.1. The minimum Gasteiger partial charge on any atom is -0.478 e. The van der Waals surface area contributed by atoms with Gasteiger partial charge in [-0.2, -0.15) is 0 Å². The lowest BCUT2D eigenvalue weighted by molar-refractivity contribution is -0.134. The monoisotopic (exact) mass is 501 g/mol. The quantitative estimate of drug-likeness (QED) is 0.282. The van der Waals surface area contributed by atoms with Gasteiger partial charge < -0.3 is 24.6 Å². The Hall–Kier alpha value is -5.18. The van der Waals surface area contributed by atoms with E-state index in [1.54, 1.807) is 48.5 Å². The molecule has 0 fully saturated rings. The molecule has 9 nitrogen and oxygen atoms in total. The van der Waals surface area contributed by atoms with Crippen LogP contribution in [0.4, 0.5) is 17.1 Å². The number of carboxylic acid groups (broad SMARTS) is 2. The van der Waals surface area contributed by atoms with Gasteiger partial charge in [-0.25, -0.2) is 19.2 Å². The first-order valence-corrected chi connectivity index (χ1v) is 10.9. The maximum Gasteiger partial charge on any atom is 0.338 e. The van der Waals surface area contributed by atoms with E-state index in [0.29, 0.717) is 11.4 Å². The van der Waals surface area contributed by atoms with Crippen molar-refractivity contribution in [2.24, 2.45) is 0 Å². The molecular weight excluding hydrogens is 478 g/mol. The third kappa shape index (κ3) is 6.92. The maximum absolute atomic E-state index is 12.3. The number of hydrogen-bond donors (Lipinski definition) is 2. The van der Waals surface area contributed by atoms with Gasteiger partial charge in [0.2, 0.25) is 0 Å². The molecular formula is C28H23NO8. The lowest BCUT2D eigenvalue weighted by Crippen LogP contribution is -2.14. The molecule has 0 atom stereocenters. The van der Waals surface area contributed by atoms with Gasteiger partial charge in [0.1, 0.15) is 13.2 Å². The van der Waals surface area contributed by atoms with Gasteiger partial charge >= 0.3 is 23.9 Å². The highest BCUT2D eigenvalue weighted by Gasteiger charge is 2.16. The van der Waals surface area contributed by atoms with E-state index in [1.807, 2.05) is 35.2 Å². The van der Waals surface area contributed by atoms with E-state index in [2.05, 4.69) is 13.2 Å². The zero-order valence-electron chi connectivity index (χ0n) is 19.6. The van der Waals surface area contributed by atoms with Gasteiger partial charge in [0.25, 0.3) is 0 Å². The normalized spacial score (nSPS) is 10.2. The van der Waals surface area contributed by atoms with Gasteiger partial charge in [0.05, 0.1) is 22.3 Å². The zero-order chi connectivity index (χ0) is 26.9. The standard InChI is InChI=1S/C28H23NO8/c1-18(25(30)31)16-36-27(34)20-8-12-23(13-9-20)29(22-6-4-3-5-7-22)24-14-10-21(11-15-24)28(35)37-17-19(2)26(32)33/h3-15H,1-2,16-17H2,(H,30,31)(H,32,33). The number of carbonyl (C=O) groups is 4. The Kier molecular flexibility index (Phi) is 8.56. The van der Waals surface area contributed by atoms with Crippen molar-refractivity contribution in [3.63, 3.8) is 0 Å². The van der Waals surface area contributed by atoms with Gasteiger partial charge in [-0.1, -0.05) is 31.4 Å². The van der Waals surface area contributed by atoms with E-state index in [1.165, 1.54) is 0 Å². The molecule has 0 amide bonds. The SMILES string of the molecule is C=C(COC(=O)c1ccc(N(c2ccccc2)c2ccc(C(=O)OCC(=C)C(=O)O)cc2)cc1)C(=O)O. The number of aliphatic carboxylic acids is 2. The van der Waals surface area contributed by atoms with Crippen LogP contribution in [0.25, 0.3) is 0 Å². The van der Waals surface area contributed by atoms with Crippen LogP contribution in [-0.2, 0) is 19.1 Å². The van der Waals surface area contributed by atoms with Crippen molar-refractivity contribution in [3.8, 4) is 0 Å². The van der Waals surface area contributed by atoms with Crippen LogP contribution in [0.1, 0.15) is 20.7 Å². The molecule has 0 saturated heterocycles. The number of benzene rings is 3. The van der Waals surface area contributed by atoms with Crippen LogP contribution in [0.3, 0.4) is 0 Å². The van der Waals surface area contributed by atoms with Crippen LogP contribution in [-0.4, -0.2) is 47.3 Å². The topological polar surface area (TPSA) is 130 Å². The molecule has 0 saturated carbocycles. The second-order valence-electron chi connectivity index (χ2n) is 7.73. The number of rotatable bonds is 11. The lowest BCUT2D eigenvalue weighted by Gasteiger charge is -2.25. The first kappa shape index (κ1) is 26.4. The van der Waals surface area contributed by atoms with Gasteiger partial charge in [-0.3, -0.25) is 0 Å². The first-order chi connectivity index (χ1) is 17.7. The van der Waals surface area contributed by atoms with Gasteiger partial charge in [-0.15, -0.1) is 0 Å². The number of carboxylic acids is 2. The summed E-state index contributed by atoms with van der Waals surface area (Å²) in [6.07, 6.45) is 0. The molecule has 37 heavy (non-hydrogen) atoms. The summed E-state index contributed by atoms with van der Waals surface area (Å²) in [6, 6.07) is 22.4. The fraction of sp³-hybridized carbons (Fsp3) is 0.0714. The fourth-order valence-electron chi connectivity index (χ4n) is 3.11. The maximum atomic E-state index is 12.3. The number of esters is 2. The van der Waals surface area contributed by atoms with E-state index in [0.717, 1.165) is 5.69 Å². The molecule has 0 aromatic heterocycles. The predicted molar refractivity (Wildman–Crippen MR) is 135 cm³/mol. The predicted octanol–water partition coefficient (Wildman–Crippen LogP) is 4.75. The van der Waals surface area contributed by atoms with Crippen molar-refractivity contribution >= 4 is 40.9 Å². The summed E-state index contributed by atoms with van der Waals surface area (Å²) in [5.41, 5.74) is 2.20. The molecule has 3 aromatic rings. The van der Waals surface area contributed by atoms with E-state index >= 15 is 0 Å². The summed E-state index contributed by atoms with van der Waals surface area (Å²) >= 11 is 0. The van der Waals surface area contributed by atoms with Crippen molar-refractivity contribution in [3.05, 3.63) is 114 Å². The highest BCUT2D eigenvalue weighted by molar-refractivity contribution is 5.93. The average molecular weight is 501 g/mol. The molecule has 0 radical (unpaired) electrons. The fourth-order valence-corrected chi connectivity index (χ4v) is 3.11. The number of para-hydroxylation sites is 1. The summed E-state index contributed by atoms with van der Waals surface area (Å²) in [5, 5.41) is 17.7. The van der Waals surface area contributed by atoms with Crippen LogP contribution in [0.15, 0.2) is 103 Å². The second kappa shape index (κ2) is 12.0. The minimum absolute atomic E-state index is 0.232. The number of hydrogen-bond acceptors (Lipinski definition) is 7. The molecule has 2 N–H and O–H groups in total. The molecule has 0 unspecified atom stereocenters. The summed E-state index contributed by atoms with van der Waals surface area (Å²) in [6.45, 7) is 5.80. The van der Waals surface area contributed by atoms with Crippen LogP contribution < -0.4 is 4.90 Å². The van der Waals surface area contributed by atoms with Gasteiger partial charge in [0.15, 0.2) is 0 Å². The van der Waals surface area contributed by atoms with Crippen molar-refractivity contribution in [2.75, 3.05) is 18.1 Å². The Balaban J connectivity index is 1.82. The van der Waals surface area contributed by atoms with Crippen LogP contribution in [0.5, 0.6) is 0 Å². The number of anilines is 3. The Morgan fingerprint density at radius 3 is 1.30 bits per heavy atom. The Morgan fingerprint density at radius 1 is 0.595 bits per heavy atom. The van der Waals surface area contributed by atoms with Crippen molar-refractivity contribution < 1.29 is 38.9 Å². The molecule has 3 aromatic carbocycles. The zero-order valence-corrected chi connectivity index (χ0v) is 19.6. The number of carbonyl (C=O) groups excluding carboxylic acids is 2. The lowest BCUT2D eigenvalue weighted by atomic mass is 10.1. The Bertz CT molecular complexity index is 1240. The molecule has 0 spiro atoms. The molecule has 0 aliphatic heterocycles. The van der Waals surface area contributed by atoms with Crippen LogP contribution in [0.2, 0.25) is 0 Å². The number of nitrogens with zero attached hydrogens (tertiary/aromatic N) is 1. The largest absolute Gasteiger partial charge is 0.478 e. The van der Waals surface area contributed by atoms with E-state index < -0.39 is 37.1 Å². The molecule has 3 rings (SSSR count). The van der Waals surface area contributed by atoms with E-state index in [-0.39, 0.29) is 22.3 Å². The molecule has 0 aliphatic rings. The highest BCUT2D eigenvalue weighted by Crippen LogP contribution is 2.34. The number of ether oxygens (including phenoxy) is 2. The molecule has 0 heterocycles.